The number of hydrogen-bond donors (Lipinski definition) is 1. The van der Waals surface area contributed by atoms with Crippen LogP contribution in [-0.2, 0) is 19.0 Å². The Morgan fingerprint density at radius 1 is 1.35 bits per heavy atom. The van der Waals surface area contributed by atoms with Crippen LogP contribution in [0.25, 0.3) is 0 Å². The number of carbonyl (C=O) groups is 1. The van der Waals surface area contributed by atoms with Crippen LogP contribution >= 0.6 is 0 Å². The van der Waals surface area contributed by atoms with Crippen molar-refractivity contribution in [3.05, 3.63) is 36.9 Å². The summed E-state index contributed by atoms with van der Waals surface area (Å²) in [7, 11) is -2.40. The van der Waals surface area contributed by atoms with Gasteiger partial charge in [-0.05, 0) is 37.1 Å². The Labute approximate surface area is 135 Å². The molecule has 0 atom stereocenters. The molecule has 0 bridgehead atoms. The van der Waals surface area contributed by atoms with Gasteiger partial charge < -0.3 is 14.8 Å². The summed E-state index contributed by atoms with van der Waals surface area (Å²) >= 11 is 0. The fraction of sp³-hybridized carbons (Fsp3) is 0.400. The fourth-order valence-electron chi connectivity index (χ4n) is 1.84. The molecular formula is C15H19NO6S. The van der Waals surface area contributed by atoms with Gasteiger partial charge in [-0.1, -0.05) is 12.7 Å². The molecule has 0 unspecified atom stereocenters. The molecule has 0 heterocycles. The van der Waals surface area contributed by atoms with Crippen molar-refractivity contribution < 1.29 is 26.9 Å². The van der Waals surface area contributed by atoms with Gasteiger partial charge >= 0.3 is 6.09 Å². The third-order valence-corrected chi connectivity index (χ3v) is 4.67. The predicted molar refractivity (Wildman–Crippen MR) is 82.8 cm³/mol. The highest BCUT2D eigenvalue weighted by Gasteiger charge is 2.46. The number of hydrogen-bond acceptors (Lipinski definition) is 6. The van der Waals surface area contributed by atoms with Gasteiger partial charge in [0, 0.05) is 0 Å². The lowest BCUT2D eigenvalue weighted by Crippen LogP contribution is -2.41. The summed E-state index contributed by atoms with van der Waals surface area (Å²) in [5.74, 6) is 0.550. The molecule has 1 N–H and O–H groups in total. The number of rotatable bonds is 8. The number of amides is 1. The van der Waals surface area contributed by atoms with Crippen molar-refractivity contribution >= 4 is 16.2 Å². The Hall–Kier alpha value is -2.06. The van der Waals surface area contributed by atoms with Gasteiger partial charge in [0.05, 0.1) is 24.2 Å². The molecule has 7 nitrogen and oxygen atoms in total. The van der Waals surface area contributed by atoms with Crippen LogP contribution in [-0.4, -0.2) is 40.4 Å². The van der Waals surface area contributed by atoms with E-state index in [4.69, 9.17) is 13.7 Å². The minimum Gasteiger partial charge on any atom is -0.497 e. The Kier molecular flexibility index (Phi) is 5.27. The maximum Gasteiger partial charge on any atom is 0.407 e. The van der Waals surface area contributed by atoms with Crippen LogP contribution in [0.3, 0.4) is 0 Å². The third kappa shape index (κ3) is 4.70. The Bertz CT molecular complexity index is 664. The minimum atomic E-state index is -3.90. The molecule has 1 aromatic carbocycles. The second-order valence-corrected chi connectivity index (χ2v) is 6.80. The van der Waals surface area contributed by atoms with Gasteiger partial charge in [-0.15, -0.1) is 0 Å². The average molecular weight is 341 g/mol. The van der Waals surface area contributed by atoms with Gasteiger partial charge in [0.1, 0.15) is 12.4 Å². The van der Waals surface area contributed by atoms with Gasteiger partial charge in [0.25, 0.3) is 10.1 Å². The summed E-state index contributed by atoms with van der Waals surface area (Å²) in [6.45, 7) is 3.40. The number of methoxy groups -OCH3 is 1. The highest BCUT2D eigenvalue weighted by molar-refractivity contribution is 7.86. The second-order valence-electron chi connectivity index (χ2n) is 5.18. The lowest BCUT2D eigenvalue weighted by molar-refractivity contribution is 0.146. The quantitative estimate of drug-likeness (QED) is 0.573. The number of alkyl carbamates (subject to hydrolysis) is 1. The van der Waals surface area contributed by atoms with E-state index in [9.17, 15) is 13.2 Å². The molecule has 1 saturated carbocycles. The van der Waals surface area contributed by atoms with E-state index >= 15 is 0 Å². The zero-order chi connectivity index (χ0) is 16.9. The molecule has 2 rings (SSSR count). The van der Waals surface area contributed by atoms with Crippen molar-refractivity contribution in [1.29, 1.82) is 0 Å². The van der Waals surface area contributed by atoms with Crippen molar-refractivity contribution in [3.63, 3.8) is 0 Å². The van der Waals surface area contributed by atoms with Gasteiger partial charge in [-0.25, -0.2) is 4.79 Å². The SMILES string of the molecule is C=CCOC(=O)NC1(COS(=O)(=O)c2ccc(OC)cc2)CC1. The van der Waals surface area contributed by atoms with E-state index in [0.717, 1.165) is 0 Å². The molecule has 126 valence electrons. The van der Waals surface area contributed by atoms with Crippen LogP contribution in [0.15, 0.2) is 41.8 Å². The van der Waals surface area contributed by atoms with Gasteiger partial charge in [-0.2, -0.15) is 8.42 Å². The number of carbonyl (C=O) groups excluding carboxylic acids is 1. The molecular weight excluding hydrogens is 322 g/mol. The monoisotopic (exact) mass is 341 g/mol. The second kappa shape index (κ2) is 7.01. The lowest BCUT2D eigenvalue weighted by Gasteiger charge is -2.17. The Morgan fingerprint density at radius 2 is 2.00 bits per heavy atom. The van der Waals surface area contributed by atoms with Crippen molar-refractivity contribution in [2.24, 2.45) is 0 Å². The first kappa shape index (κ1) is 17.3. The smallest absolute Gasteiger partial charge is 0.407 e. The summed E-state index contributed by atoms with van der Waals surface area (Å²) in [4.78, 5) is 11.6. The third-order valence-electron chi connectivity index (χ3n) is 3.39. The van der Waals surface area contributed by atoms with Crippen molar-refractivity contribution in [3.8, 4) is 5.75 Å². The molecule has 23 heavy (non-hydrogen) atoms. The van der Waals surface area contributed by atoms with E-state index in [-0.39, 0.29) is 18.1 Å². The van der Waals surface area contributed by atoms with E-state index in [1.54, 1.807) is 0 Å². The molecule has 0 spiro atoms. The maximum absolute atomic E-state index is 12.1. The molecule has 0 aromatic heterocycles. The first-order chi connectivity index (χ1) is 10.9. The van der Waals surface area contributed by atoms with E-state index < -0.39 is 21.8 Å². The van der Waals surface area contributed by atoms with Crippen LogP contribution in [0.2, 0.25) is 0 Å². The molecule has 1 aliphatic rings. The minimum absolute atomic E-state index is 0.0309. The van der Waals surface area contributed by atoms with Crippen LogP contribution in [0.4, 0.5) is 4.79 Å². The van der Waals surface area contributed by atoms with Crippen molar-refractivity contribution in [1.82, 2.24) is 5.32 Å². The maximum atomic E-state index is 12.1. The van der Waals surface area contributed by atoms with Gasteiger partial charge in [0.2, 0.25) is 0 Å². The van der Waals surface area contributed by atoms with Crippen LogP contribution in [0.1, 0.15) is 12.8 Å². The Morgan fingerprint density at radius 3 is 2.52 bits per heavy atom. The number of ether oxygens (including phenoxy) is 2. The van der Waals surface area contributed by atoms with Gasteiger partial charge in [0.15, 0.2) is 0 Å². The van der Waals surface area contributed by atoms with E-state index in [1.165, 1.54) is 37.5 Å². The zero-order valence-electron chi connectivity index (χ0n) is 12.8. The highest BCUT2D eigenvalue weighted by atomic mass is 32.2. The molecule has 1 aromatic rings. The normalized spacial score (nSPS) is 15.5. The summed E-state index contributed by atoms with van der Waals surface area (Å²) < 4.78 is 39.2. The van der Waals surface area contributed by atoms with E-state index in [0.29, 0.717) is 18.6 Å². The molecule has 0 saturated heterocycles. The summed E-state index contributed by atoms with van der Waals surface area (Å²) in [5.41, 5.74) is -0.683. The molecule has 8 heteroatoms. The lowest BCUT2D eigenvalue weighted by atomic mass is 10.3. The Balaban J connectivity index is 1.93. The van der Waals surface area contributed by atoms with Crippen molar-refractivity contribution in [2.45, 2.75) is 23.3 Å². The standard InChI is InChI=1S/C15H19NO6S/c1-3-10-21-14(17)16-15(8-9-15)11-22-23(18,19)13-6-4-12(20-2)5-7-13/h3-7H,1,8-11H2,2H3,(H,16,17). The summed E-state index contributed by atoms with van der Waals surface area (Å²) in [5, 5.41) is 2.63. The molecule has 0 radical (unpaired) electrons. The predicted octanol–water partition coefficient (Wildman–Crippen LogP) is 1.85. The molecule has 1 aliphatic carbocycles. The molecule has 0 aliphatic heterocycles. The van der Waals surface area contributed by atoms with Crippen LogP contribution in [0, 0.1) is 0 Å². The van der Waals surface area contributed by atoms with Crippen molar-refractivity contribution in [2.75, 3.05) is 20.3 Å². The fourth-order valence-corrected chi connectivity index (χ4v) is 2.83. The average Bonchev–Trinajstić information content (AvgIpc) is 3.31. The number of nitrogens with one attached hydrogen (secondary N) is 1. The largest absolute Gasteiger partial charge is 0.497 e. The first-order valence-electron chi connectivity index (χ1n) is 7.00. The number of benzene rings is 1. The first-order valence-corrected chi connectivity index (χ1v) is 8.41. The molecule has 1 fully saturated rings. The molecule has 1 amide bonds. The van der Waals surface area contributed by atoms with E-state index in [2.05, 4.69) is 11.9 Å². The van der Waals surface area contributed by atoms with Crippen LogP contribution < -0.4 is 10.1 Å². The zero-order valence-corrected chi connectivity index (χ0v) is 13.6. The van der Waals surface area contributed by atoms with E-state index in [1.807, 2.05) is 0 Å². The summed E-state index contributed by atoms with van der Waals surface area (Å²) in [6.07, 6.45) is 2.10. The summed E-state index contributed by atoms with van der Waals surface area (Å²) in [6, 6.07) is 5.88. The highest BCUT2D eigenvalue weighted by Crippen LogP contribution is 2.36. The van der Waals surface area contributed by atoms with Gasteiger partial charge in [-0.3, -0.25) is 4.18 Å². The topological polar surface area (TPSA) is 90.9 Å². The van der Waals surface area contributed by atoms with Crippen LogP contribution in [0.5, 0.6) is 5.75 Å².